The van der Waals surface area contributed by atoms with Crippen molar-refractivity contribution in [2.75, 3.05) is 24.7 Å². The van der Waals surface area contributed by atoms with Gasteiger partial charge in [-0.15, -0.1) is 0 Å². The molecule has 1 aliphatic heterocycles. The van der Waals surface area contributed by atoms with Crippen molar-refractivity contribution in [3.63, 3.8) is 0 Å². The number of fused-ring (bicyclic) bond motifs is 1. The van der Waals surface area contributed by atoms with E-state index >= 15 is 0 Å². The van der Waals surface area contributed by atoms with E-state index in [1.165, 1.54) is 0 Å². The average Bonchev–Trinajstić information content (AvgIpc) is 2.66. The second-order valence-corrected chi connectivity index (χ2v) is 7.88. The van der Waals surface area contributed by atoms with E-state index in [-0.39, 0.29) is 5.41 Å². The van der Waals surface area contributed by atoms with Crippen LogP contribution < -0.4 is 10.2 Å². The molecule has 0 saturated carbocycles. The first-order valence-electron chi connectivity index (χ1n) is 7.83. The van der Waals surface area contributed by atoms with E-state index in [2.05, 4.69) is 32.3 Å². The minimum atomic E-state index is -3.26. The van der Waals surface area contributed by atoms with Gasteiger partial charge in [-0.3, -0.25) is 4.57 Å². The predicted octanol–water partition coefficient (Wildman–Crippen LogP) is 4.21. The molecule has 22 heavy (non-hydrogen) atoms. The van der Waals surface area contributed by atoms with Crippen molar-refractivity contribution in [3.8, 4) is 0 Å². The van der Waals surface area contributed by atoms with Crippen molar-refractivity contribution in [3.05, 3.63) is 36.0 Å². The molecule has 4 nitrogen and oxygen atoms in total. The van der Waals surface area contributed by atoms with Gasteiger partial charge in [-0.25, -0.2) is 0 Å². The van der Waals surface area contributed by atoms with E-state index in [0.29, 0.717) is 18.5 Å². The Morgan fingerprint density at radius 2 is 1.77 bits per heavy atom. The first-order valence-corrected chi connectivity index (χ1v) is 9.37. The lowest BCUT2D eigenvalue weighted by atomic mass is 9.84. The van der Waals surface area contributed by atoms with Crippen molar-refractivity contribution >= 4 is 18.6 Å². The van der Waals surface area contributed by atoms with Crippen LogP contribution >= 0.6 is 7.60 Å². The van der Waals surface area contributed by atoms with Gasteiger partial charge in [0.05, 0.1) is 18.5 Å². The van der Waals surface area contributed by atoms with E-state index < -0.39 is 7.60 Å². The Bertz CT molecular complexity index is 614. The first-order chi connectivity index (χ1) is 10.3. The number of hydrogen-bond acceptors (Lipinski definition) is 4. The average molecular weight is 323 g/mol. The molecule has 0 radical (unpaired) electrons. The molecule has 0 N–H and O–H groups in total. The molecule has 1 aromatic rings. The maximum Gasteiger partial charge on any atom is 0.361 e. The highest BCUT2D eigenvalue weighted by molar-refractivity contribution is 7.62. The Morgan fingerprint density at radius 1 is 1.18 bits per heavy atom. The molecule has 1 heterocycles. The molecular formula is C17H26NO3P. The highest BCUT2D eigenvalue weighted by Crippen LogP contribution is 2.51. The van der Waals surface area contributed by atoms with Gasteiger partial charge in [-0.2, -0.15) is 0 Å². The Balaban J connectivity index is 2.55. The summed E-state index contributed by atoms with van der Waals surface area (Å²) in [5.41, 5.74) is 3.12. The van der Waals surface area contributed by atoms with Crippen LogP contribution in [0.5, 0.6) is 0 Å². The van der Waals surface area contributed by atoms with Crippen LogP contribution in [0.25, 0.3) is 0 Å². The van der Waals surface area contributed by atoms with Gasteiger partial charge in [0.15, 0.2) is 0 Å². The van der Waals surface area contributed by atoms with Gasteiger partial charge < -0.3 is 13.9 Å². The second-order valence-electron chi connectivity index (χ2n) is 5.85. The normalized spacial score (nSPS) is 17.0. The number of benzene rings is 1. The Kier molecular flexibility index (Phi) is 4.86. The SMILES string of the molecule is C=C1N(CC)c2ccc(P(=O)(OCC)OCC)cc2C1(C)C. The standard InChI is InChI=1S/C17H26NO3P/c1-7-18-13(4)17(5,6)15-12-14(10-11-16(15)18)22(19,20-8-2)21-9-3/h10-12H,4,7-9H2,1-3,5-6H3. The molecular weight excluding hydrogens is 297 g/mol. The van der Waals surface area contributed by atoms with Gasteiger partial charge in [0.1, 0.15) is 0 Å². The molecule has 0 saturated heterocycles. The lowest BCUT2D eigenvalue weighted by Crippen LogP contribution is -2.24. The molecule has 5 heteroatoms. The van der Waals surface area contributed by atoms with E-state index in [1.807, 2.05) is 32.0 Å². The van der Waals surface area contributed by atoms with Crippen LogP contribution in [0.1, 0.15) is 40.2 Å². The van der Waals surface area contributed by atoms with Crippen molar-refractivity contribution in [2.45, 2.75) is 40.0 Å². The molecule has 0 bridgehead atoms. The molecule has 0 atom stereocenters. The molecule has 0 amide bonds. The monoisotopic (exact) mass is 323 g/mol. The highest BCUT2D eigenvalue weighted by atomic mass is 31.2. The van der Waals surface area contributed by atoms with Gasteiger partial charge >= 0.3 is 7.60 Å². The van der Waals surface area contributed by atoms with Crippen molar-refractivity contribution in [2.24, 2.45) is 0 Å². The number of likely N-dealkylation sites (N-methyl/N-ethyl adjacent to an activating group) is 1. The predicted molar refractivity (Wildman–Crippen MR) is 92.1 cm³/mol. The summed E-state index contributed by atoms with van der Waals surface area (Å²) in [6.45, 7) is 15.8. The van der Waals surface area contributed by atoms with Gasteiger partial charge in [-0.05, 0) is 44.5 Å². The van der Waals surface area contributed by atoms with Crippen LogP contribution in [0.15, 0.2) is 30.5 Å². The van der Waals surface area contributed by atoms with Crippen molar-refractivity contribution < 1.29 is 13.6 Å². The van der Waals surface area contributed by atoms with Gasteiger partial charge in [0.25, 0.3) is 0 Å². The fraction of sp³-hybridized carbons (Fsp3) is 0.529. The fourth-order valence-corrected chi connectivity index (χ4v) is 4.55. The zero-order valence-electron chi connectivity index (χ0n) is 14.2. The molecule has 0 unspecified atom stereocenters. The molecule has 1 aliphatic rings. The Hall–Kier alpha value is -1.09. The first kappa shape index (κ1) is 17.3. The maximum atomic E-state index is 13.0. The lowest BCUT2D eigenvalue weighted by molar-refractivity contribution is 0.230. The van der Waals surface area contributed by atoms with E-state index in [0.717, 1.165) is 23.5 Å². The van der Waals surface area contributed by atoms with Crippen LogP contribution in [-0.2, 0) is 19.0 Å². The van der Waals surface area contributed by atoms with E-state index in [1.54, 1.807) is 0 Å². The maximum absolute atomic E-state index is 13.0. The van der Waals surface area contributed by atoms with Crippen LogP contribution in [0.4, 0.5) is 5.69 Å². The number of nitrogens with zero attached hydrogens (tertiary/aromatic N) is 1. The summed E-state index contributed by atoms with van der Waals surface area (Å²) < 4.78 is 23.9. The fourth-order valence-electron chi connectivity index (χ4n) is 2.96. The summed E-state index contributed by atoms with van der Waals surface area (Å²) in [6.07, 6.45) is 0. The van der Waals surface area contributed by atoms with Gasteiger partial charge in [-0.1, -0.05) is 20.4 Å². The summed E-state index contributed by atoms with van der Waals surface area (Å²) >= 11 is 0. The summed E-state index contributed by atoms with van der Waals surface area (Å²) in [4.78, 5) is 2.20. The van der Waals surface area contributed by atoms with E-state index in [9.17, 15) is 4.57 Å². The topological polar surface area (TPSA) is 38.8 Å². The number of allylic oxidation sites excluding steroid dienone is 1. The Morgan fingerprint density at radius 3 is 2.27 bits per heavy atom. The highest BCUT2D eigenvalue weighted by Gasteiger charge is 2.40. The van der Waals surface area contributed by atoms with Crippen molar-refractivity contribution in [1.29, 1.82) is 0 Å². The lowest BCUT2D eigenvalue weighted by Gasteiger charge is -2.24. The number of hydrogen-bond donors (Lipinski definition) is 0. The quantitative estimate of drug-likeness (QED) is 0.735. The molecule has 2 rings (SSSR count). The van der Waals surface area contributed by atoms with Crippen LogP contribution in [0.3, 0.4) is 0 Å². The summed E-state index contributed by atoms with van der Waals surface area (Å²) in [7, 11) is -3.26. The molecule has 0 spiro atoms. The van der Waals surface area contributed by atoms with Gasteiger partial charge in [0.2, 0.25) is 0 Å². The summed E-state index contributed by atoms with van der Waals surface area (Å²) in [5, 5.41) is 0.619. The third-order valence-electron chi connectivity index (χ3n) is 4.22. The minimum absolute atomic E-state index is 0.190. The van der Waals surface area contributed by atoms with Crippen LogP contribution in [-0.4, -0.2) is 19.8 Å². The van der Waals surface area contributed by atoms with Crippen molar-refractivity contribution in [1.82, 2.24) is 0 Å². The Labute approximate surface area is 133 Å². The molecule has 122 valence electrons. The molecule has 0 aromatic heterocycles. The summed E-state index contributed by atoms with van der Waals surface area (Å²) in [5.74, 6) is 0. The molecule has 0 fully saturated rings. The smallest absolute Gasteiger partial charge is 0.345 e. The van der Waals surface area contributed by atoms with Crippen LogP contribution in [0.2, 0.25) is 0 Å². The zero-order valence-corrected chi connectivity index (χ0v) is 15.1. The molecule has 1 aromatic carbocycles. The van der Waals surface area contributed by atoms with Gasteiger partial charge in [0, 0.05) is 23.3 Å². The zero-order chi connectivity index (χ0) is 16.5. The third-order valence-corrected chi connectivity index (χ3v) is 6.33. The van der Waals surface area contributed by atoms with Crippen LogP contribution in [0, 0.1) is 0 Å². The third kappa shape index (κ3) is 2.64. The minimum Gasteiger partial charge on any atom is -0.345 e. The second kappa shape index (κ2) is 6.19. The van der Waals surface area contributed by atoms with E-state index in [4.69, 9.17) is 9.05 Å². The summed E-state index contributed by atoms with van der Waals surface area (Å²) in [6, 6.07) is 5.81. The largest absolute Gasteiger partial charge is 0.361 e. The number of anilines is 1. The number of rotatable bonds is 6. The molecule has 0 aliphatic carbocycles.